The Hall–Kier alpha value is -4.64. The number of amides is 1. The zero-order valence-electron chi connectivity index (χ0n) is 19.3. The summed E-state index contributed by atoms with van der Waals surface area (Å²) in [5, 5.41) is 15.9. The molecule has 0 saturated carbocycles. The summed E-state index contributed by atoms with van der Waals surface area (Å²) in [6, 6.07) is 12.8. The Morgan fingerprint density at radius 3 is 2.14 bits per heavy atom. The average Bonchev–Trinajstić information content (AvgIpc) is 2.88. The lowest BCUT2D eigenvalue weighted by molar-refractivity contribution is -0.385. The summed E-state index contributed by atoms with van der Waals surface area (Å²) in [7, 11) is 4.16. The van der Waals surface area contributed by atoms with Crippen LogP contribution in [0.4, 0.5) is 5.69 Å². The van der Waals surface area contributed by atoms with Crippen molar-refractivity contribution < 1.29 is 33.5 Å². The molecule has 0 aliphatic heterocycles. The van der Waals surface area contributed by atoms with Gasteiger partial charge in [0.1, 0.15) is 0 Å². The number of nitro benzene ring substituents is 1. The van der Waals surface area contributed by atoms with Gasteiger partial charge in [-0.15, -0.1) is 0 Å². The van der Waals surface area contributed by atoms with E-state index in [1.807, 2.05) is 0 Å². The summed E-state index contributed by atoms with van der Waals surface area (Å²) in [5.41, 5.74) is 2.17. The van der Waals surface area contributed by atoms with Crippen molar-refractivity contribution in [3.8, 4) is 23.0 Å². The molecule has 3 aromatic rings. The van der Waals surface area contributed by atoms with Crippen LogP contribution in [0.1, 0.15) is 26.3 Å². The van der Waals surface area contributed by atoms with Gasteiger partial charge in [-0.05, 0) is 42.5 Å². The Morgan fingerprint density at radius 1 is 0.944 bits per heavy atom. The van der Waals surface area contributed by atoms with E-state index in [-0.39, 0.29) is 34.1 Å². The van der Waals surface area contributed by atoms with Crippen molar-refractivity contribution in [1.29, 1.82) is 0 Å². The highest BCUT2D eigenvalue weighted by Gasteiger charge is 2.24. The van der Waals surface area contributed by atoms with Crippen molar-refractivity contribution in [3.05, 3.63) is 86.4 Å². The van der Waals surface area contributed by atoms with Gasteiger partial charge in [0, 0.05) is 22.2 Å². The summed E-state index contributed by atoms with van der Waals surface area (Å²) in [6.07, 6.45) is 1.12. The SMILES string of the molecule is COc1cc(C(=O)Oc2c(/C=N/NC(=O)c3ccc(Cl)cc3)cccc2[N+](=O)[O-])cc(OC)c1OC. The Morgan fingerprint density at radius 2 is 1.58 bits per heavy atom. The van der Waals surface area contributed by atoms with E-state index in [1.165, 1.54) is 63.8 Å². The van der Waals surface area contributed by atoms with E-state index in [0.29, 0.717) is 10.6 Å². The lowest BCUT2D eigenvalue weighted by Gasteiger charge is -2.14. The van der Waals surface area contributed by atoms with E-state index < -0.39 is 22.5 Å². The number of esters is 1. The minimum atomic E-state index is -0.927. The highest BCUT2D eigenvalue weighted by atomic mass is 35.5. The van der Waals surface area contributed by atoms with Crippen LogP contribution in [0.2, 0.25) is 5.02 Å². The van der Waals surface area contributed by atoms with E-state index in [9.17, 15) is 19.7 Å². The number of halogens is 1. The molecule has 0 aliphatic rings. The van der Waals surface area contributed by atoms with Crippen LogP contribution < -0.4 is 24.4 Å². The van der Waals surface area contributed by atoms with E-state index in [1.54, 1.807) is 12.1 Å². The predicted octanol–water partition coefficient (Wildman–Crippen LogP) is 4.26. The summed E-state index contributed by atoms with van der Waals surface area (Å²) in [6.45, 7) is 0. The number of para-hydroxylation sites is 1. The van der Waals surface area contributed by atoms with Crippen LogP contribution in [0.25, 0.3) is 0 Å². The van der Waals surface area contributed by atoms with Gasteiger partial charge in [-0.25, -0.2) is 10.2 Å². The summed E-state index contributed by atoms with van der Waals surface area (Å²) in [5.74, 6) is -1.19. The number of rotatable bonds is 9. The monoisotopic (exact) mass is 513 g/mol. The Bertz CT molecular complexity index is 1300. The summed E-state index contributed by atoms with van der Waals surface area (Å²) >= 11 is 5.82. The molecule has 0 spiro atoms. The molecule has 11 nitrogen and oxygen atoms in total. The topological polar surface area (TPSA) is 139 Å². The number of hydrazone groups is 1. The van der Waals surface area contributed by atoms with Crippen LogP contribution in [0.3, 0.4) is 0 Å². The van der Waals surface area contributed by atoms with Crippen LogP contribution in [-0.2, 0) is 0 Å². The first kappa shape index (κ1) is 26.0. The molecule has 12 heteroatoms. The van der Waals surface area contributed by atoms with Gasteiger partial charge in [-0.1, -0.05) is 17.7 Å². The fraction of sp³-hybridized carbons (Fsp3) is 0.125. The molecule has 3 aromatic carbocycles. The molecule has 0 radical (unpaired) electrons. The van der Waals surface area contributed by atoms with E-state index in [2.05, 4.69) is 10.5 Å². The Kier molecular flexibility index (Phi) is 8.42. The van der Waals surface area contributed by atoms with Crippen LogP contribution in [0, 0.1) is 10.1 Å². The third-order valence-electron chi connectivity index (χ3n) is 4.79. The Balaban J connectivity index is 1.91. The zero-order valence-corrected chi connectivity index (χ0v) is 20.1. The number of methoxy groups -OCH3 is 3. The molecule has 0 heterocycles. The first-order valence-electron chi connectivity index (χ1n) is 10.2. The molecule has 0 aromatic heterocycles. The number of carbonyl (C=O) groups is 2. The number of hydrogen-bond donors (Lipinski definition) is 1. The Labute approximate surface area is 210 Å². The number of benzene rings is 3. The predicted molar refractivity (Wildman–Crippen MR) is 131 cm³/mol. The number of carbonyl (C=O) groups excluding carboxylic acids is 2. The second kappa shape index (κ2) is 11.7. The van der Waals surface area contributed by atoms with E-state index >= 15 is 0 Å². The quantitative estimate of drug-likeness (QED) is 0.147. The highest BCUT2D eigenvalue weighted by molar-refractivity contribution is 6.30. The van der Waals surface area contributed by atoms with Gasteiger partial charge in [0.15, 0.2) is 11.5 Å². The van der Waals surface area contributed by atoms with Gasteiger partial charge in [0.2, 0.25) is 11.5 Å². The molecule has 186 valence electrons. The molecule has 36 heavy (non-hydrogen) atoms. The second-order valence-electron chi connectivity index (χ2n) is 6.96. The molecular formula is C24H20ClN3O8. The lowest BCUT2D eigenvalue weighted by Crippen LogP contribution is -2.17. The van der Waals surface area contributed by atoms with Gasteiger partial charge in [-0.3, -0.25) is 14.9 Å². The molecule has 1 amide bonds. The third-order valence-corrected chi connectivity index (χ3v) is 5.04. The van der Waals surface area contributed by atoms with Gasteiger partial charge < -0.3 is 18.9 Å². The molecule has 0 saturated heterocycles. The first-order chi connectivity index (χ1) is 17.3. The molecule has 0 bridgehead atoms. The third kappa shape index (κ3) is 5.88. The molecule has 0 fully saturated rings. The maximum atomic E-state index is 12.9. The smallest absolute Gasteiger partial charge is 0.344 e. The minimum Gasteiger partial charge on any atom is -0.493 e. The van der Waals surface area contributed by atoms with Crippen LogP contribution in [0.5, 0.6) is 23.0 Å². The van der Waals surface area contributed by atoms with Crippen LogP contribution in [0.15, 0.2) is 59.7 Å². The molecule has 0 unspecified atom stereocenters. The minimum absolute atomic E-state index is 0.0124. The fourth-order valence-electron chi connectivity index (χ4n) is 3.08. The second-order valence-corrected chi connectivity index (χ2v) is 7.40. The number of ether oxygens (including phenoxy) is 4. The normalized spacial score (nSPS) is 10.6. The molecule has 3 rings (SSSR count). The maximum absolute atomic E-state index is 12.9. The van der Waals surface area contributed by atoms with Gasteiger partial charge >= 0.3 is 11.7 Å². The van der Waals surface area contributed by atoms with Crippen LogP contribution >= 0.6 is 11.6 Å². The number of hydrogen-bond acceptors (Lipinski definition) is 9. The number of nitrogens with one attached hydrogen (secondary N) is 1. The maximum Gasteiger partial charge on any atom is 0.344 e. The van der Waals surface area contributed by atoms with Crippen molar-refractivity contribution >= 4 is 35.4 Å². The first-order valence-corrected chi connectivity index (χ1v) is 10.5. The van der Waals surface area contributed by atoms with Gasteiger partial charge in [0.05, 0.1) is 38.0 Å². The van der Waals surface area contributed by atoms with E-state index in [4.69, 9.17) is 30.5 Å². The standard InChI is InChI=1S/C24H20ClN3O8/c1-33-19-11-16(12-20(34-2)22(19)35-3)24(30)36-21-15(5-4-6-18(21)28(31)32)13-26-27-23(29)14-7-9-17(25)10-8-14/h4-13H,1-3H3,(H,27,29)/b26-13+. The lowest BCUT2D eigenvalue weighted by atomic mass is 10.1. The fourth-order valence-corrected chi connectivity index (χ4v) is 3.20. The van der Waals surface area contributed by atoms with E-state index in [0.717, 1.165) is 6.21 Å². The van der Waals surface area contributed by atoms with Gasteiger partial charge in [0.25, 0.3) is 5.91 Å². The molecular weight excluding hydrogens is 494 g/mol. The molecule has 0 atom stereocenters. The molecule has 0 aliphatic carbocycles. The molecule has 1 N–H and O–H groups in total. The summed E-state index contributed by atoms with van der Waals surface area (Å²) < 4.78 is 21.1. The zero-order chi connectivity index (χ0) is 26.2. The number of nitro groups is 1. The highest BCUT2D eigenvalue weighted by Crippen LogP contribution is 2.39. The van der Waals surface area contributed by atoms with Crippen molar-refractivity contribution in [2.45, 2.75) is 0 Å². The van der Waals surface area contributed by atoms with Crippen molar-refractivity contribution in [2.75, 3.05) is 21.3 Å². The van der Waals surface area contributed by atoms with Gasteiger partial charge in [-0.2, -0.15) is 5.10 Å². The largest absolute Gasteiger partial charge is 0.493 e. The van der Waals surface area contributed by atoms with Crippen molar-refractivity contribution in [3.63, 3.8) is 0 Å². The van der Waals surface area contributed by atoms with Crippen molar-refractivity contribution in [1.82, 2.24) is 5.43 Å². The van der Waals surface area contributed by atoms with Crippen LogP contribution in [-0.4, -0.2) is 44.3 Å². The summed E-state index contributed by atoms with van der Waals surface area (Å²) in [4.78, 5) is 36.1. The average molecular weight is 514 g/mol. The van der Waals surface area contributed by atoms with Crippen molar-refractivity contribution in [2.24, 2.45) is 5.10 Å². The number of nitrogens with zero attached hydrogens (tertiary/aromatic N) is 2.